The largest absolute Gasteiger partial charge is 0.573 e. The number of methoxy groups -OCH3 is 1. The van der Waals surface area contributed by atoms with E-state index in [1.807, 2.05) is 0 Å². The van der Waals surface area contributed by atoms with Gasteiger partial charge in [-0.1, -0.05) is 0 Å². The molecule has 0 radical (unpaired) electrons. The number of hydrogen-bond acceptors (Lipinski definition) is 4. The van der Waals surface area contributed by atoms with Gasteiger partial charge in [-0.25, -0.2) is 0 Å². The first-order valence-electron chi connectivity index (χ1n) is 5.54. The van der Waals surface area contributed by atoms with E-state index in [-0.39, 0.29) is 5.69 Å². The number of nitrogens with zero attached hydrogens (tertiary/aromatic N) is 1. The first-order valence-corrected chi connectivity index (χ1v) is 5.54. The maximum absolute atomic E-state index is 12.3. The van der Waals surface area contributed by atoms with Crippen LogP contribution in [0.2, 0.25) is 0 Å². The van der Waals surface area contributed by atoms with Crippen molar-refractivity contribution in [2.45, 2.75) is 6.36 Å². The van der Waals surface area contributed by atoms with Crippen LogP contribution in [0.4, 0.5) is 18.9 Å². The van der Waals surface area contributed by atoms with Crippen molar-refractivity contribution >= 4 is 5.69 Å². The predicted molar refractivity (Wildman–Crippen MR) is 67.3 cm³/mol. The molecule has 2 aromatic rings. The number of alkyl halides is 3. The molecule has 0 amide bonds. The van der Waals surface area contributed by atoms with Crippen LogP contribution in [-0.4, -0.2) is 18.5 Å². The third-order valence-corrected chi connectivity index (χ3v) is 2.47. The molecule has 0 aliphatic carbocycles. The first kappa shape index (κ1) is 14.0. The molecule has 2 rings (SSSR count). The van der Waals surface area contributed by atoms with Crippen LogP contribution in [0.3, 0.4) is 0 Å². The molecule has 0 aliphatic heterocycles. The number of nitrogens with two attached hydrogens (primary N) is 1. The molecule has 1 aromatic carbocycles. The van der Waals surface area contributed by atoms with Gasteiger partial charge >= 0.3 is 6.36 Å². The van der Waals surface area contributed by atoms with Crippen molar-refractivity contribution in [2.75, 3.05) is 12.8 Å². The van der Waals surface area contributed by atoms with Crippen molar-refractivity contribution < 1.29 is 22.6 Å². The van der Waals surface area contributed by atoms with Crippen LogP contribution in [-0.2, 0) is 0 Å². The third kappa shape index (κ3) is 3.31. The predicted octanol–water partition coefficient (Wildman–Crippen LogP) is 3.24. The Bertz CT molecular complexity index is 615. The van der Waals surface area contributed by atoms with Gasteiger partial charge in [-0.05, 0) is 23.8 Å². The van der Waals surface area contributed by atoms with Crippen molar-refractivity contribution in [1.82, 2.24) is 4.98 Å². The fraction of sp³-hybridized carbons (Fsp3) is 0.154. The summed E-state index contributed by atoms with van der Waals surface area (Å²) >= 11 is 0. The second-order valence-electron chi connectivity index (χ2n) is 3.91. The molecule has 1 heterocycles. The summed E-state index contributed by atoms with van der Waals surface area (Å²) in [4.78, 5) is 3.92. The van der Waals surface area contributed by atoms with Gasteiger partial charge in [-0.2, -0.15) is 0 Å². The molecule has 0 saturated carbocycles. The summed E-state index contributed by atoms with van der Waals surface area (Å²) in [5.74, 6) is 0.0852. The summed E-state index contributed by atoms with van der Waals surface area (Å²) in [6.07, 6.45) is -1.78. The monoisotopic (exact) mass is 284 g/mol. The maximum Gasteiger partial charge on any atom is 0.573 e. The van der Waals surface area contributed by atoms with Crippen LogP contribution in [0.15, 0.2) is 36.7 Å². The van der Waals surface area contributed by atoms with Gasteiger partial charge in [0.1, 0.15) is 11.5 Å². The maximum atomic E-state index is 12.3. The molecule has 4 nitrogen and oxygen atoms in total. The van der Waals surface area contributed by atoms with E-state index in [0.717, 1.165) is 6.07 Å². The Labute approximate surface area is 113 Å². The van der Waals surface area contributed by atoms with E-state index in [0.29, 0.717) is 16.9 Å². The van der Waals surface area contributed by atoms with Crippen molar-refractivity contribution in [3.05, 3.63) is 36.7 Å². The van der Waals surface area contributed by atoms with Gasteiger partial charge < -0.3 is 15.2 Å². The van der Waals surface area contributed by atoms with Crippen LogP contribution in [0, 0.1) is 0 Å². The number of ether oxygens (including phenoxy) is 2. The summed E-state index contributed by atoms with van der Waals surface area (Å²) in [5, 5.41) is 0. The summed E-state index contributed by atoms with van der Waals surface area (Å²) in [7, 11) is 1.46. The first-order chi connectivity index (χ1) is 9.39. The molecule has 1 aromatic heterocycles. The normalized spacial score (nSPS) is 11.2. The molecule has 7 heteroatoms. The Hall–Kier alpha value is -2.44. The number of benzene rings is 1. The average molecular weight is 284 g/mol. The summed E-state index contributed by atoms with van der Waals surface area (Å²) in [5.41, 5.74) is 6.69. The summed E-state index contributed by atoms with van der Waals surface area (Å²) in [6, 6.07) is 5.44. The van der Waals surface area contributed by atoms with E-state index in [4.69, 9.17) is 10.5 Å². The SMILES string of the molecule is COc1ccncc1-c1cc(N)cc(OC(F)(F)F)c1. The van der Waals surface area contributed by atoms with E-state index in [1.54, 1.807) is 6.07 Å². The van der Waals surface area contributed by atoms with Crippen molar-refractivity contribution in [1.29, 1.82) is 0 Å². The number of halogens is 3. The topological polar surface area (TPSA) is 57.4 Å². The van der Waals surface area contributed by atoms with Crippen LogP contribution >= 0.6 is 0 Å². The zero-order chi connectivity index (χ0) is 14.8. The summed E-state index contributed by atoms with van der Waals surface area (Å²) < 4.78 is 45.8. The lowest BCUT2D eigenvalue weighted by Crippen LogP contribution is -2.17. The van der Waals surface area contributed by atoms with E-state index < -0.39 is 12.1 Å². The number of nitrogen functional groups attached to an aromatic ring is 1. The highest BCUT2D eigenvalue weighted by Crippen LogP contribution is 2.34. The van der Waals surface area contributed by atoms with E-state index in [9.17, 15) is 13.2 Å². The Morgan fingerprint density at radius 3 is 2.60 bits per heavy atom. The fourth-order valence-electron chi connectivity index (χ4n) is 1.75. The third-order valence-electron chi connectivity index (χ3n) is 2.47. The standard InChI is InChI=1S/C13H11F3N2O2/c1-19-12-2-3-18-7-11(12)8-4-9(17)6-10(5-8)20-13(14,15)16/h2-7H,17H2,1H3. The number of rotatable bonds is 3. The van der Waals surface area contributed by atoms with Crippen LogP contribution in [0.1, 0.15) is 0 Å². The smallest absolute Gasteiger partial charge is 0.496 e. The molecule has 20 heavy (non-hydrogen) atoms. The van der Waals surface area contributed by atoms with E-state index in [1.165, 1.54) is 31.6 Å². The minimum absolute atomic E-state index is 0.146. The number of pyridine rings is 1. The van der Waals surface area contributed by atoms with Gasteiger partial charge in [-0.3, -0.25) is 4.98 Å². The molecule has 0 spiro atoms. The second-order valence-corrected chi connectivity index (χ2v) is 3.91. The minimum Gasteiger partial charge on any atom is -0.496 e. The Balaban J connectivity index is 2.47. The van der Waals surface area contributed by atoms with Crippen LogP contribution < -0.4 is 15.2 Å². The fourth-order valence-corrected chi connectivity index (χ4v) is 1.75. The molecule has 106 valence electrons. The lowest BCUT2D eigenvalue weighted by molar-refractivity contribution is -0.274. The Morgan fingerprint density at radius 1 is 1.20 bits per heavy atom. The average Bonchev–Trinajstić information content (AvgIpc) is 2.36. The van der Waals surface area contributed by atoms with E-state index >= 15 is 0 Å². The van der Waals surface area contributed by atoms with Crippen molar-refractivity contribution in [3.8, 4) is 22.6 Å². The molecule has 0 saturated heterocycles. The quantitative estimate of drug-likeness (QED) is 0.879. The molecule has 2 N–H and O–H groups in total. The van der Waals surface area contributed by atoms with Gasteiger partial charge in [0.25, 0.3) is 0 Å². The highest BCUT2D eigenvalue weighted by molar-refractivity contribution is 5.73. The van der Waals surface area contributed by atoms with Crippen LogP contribution in [0.5, 0.6) is 11.5 Å². The second kappa shape index (κ2) is 5.28. The Morgan fingerprint density at radius 2 is 1.95 bits per heavy atom. The minimum atomic E-state index is -4.77. The molecular formula is C13H11F3N2O2. The molecule has 0 fully saturated rings. The molecule has 0 bridgehead atoms. The highest BCUT2D eigenvalue weighted by Gasteiger charge is 2.31. The molecule has 0 aliphatic rings. The molecular weight excluding hydrogens is 273 g/mol. The highest BCUT2D eigenvalue weighted by atomic mass is 19.4. The molecule has 0 atom stereocenters. The van der Waals surface area contributed by atoms with Gasteiger partial charge in [-0.15, -0.1) is 13.2 Å². The number of hydrogen-bond donors (Lipinski definition) is 1. The zero-order valence-corrected chi connectivity index (χ0v) is 10.4. The lowest BCUT2D eigenvalue weighted by atomic mass is 10.1. The van der Waals surface area contributed by atoms with Crippen molar-refractivity contribution in [2.24, 2.45) is 0 Å². The van der Waals surface area contributed by atoms with Crippen molar-refractivity contribution in [3.63, 3.8) is 0 Å². The van der Waals surface area contributed by atoms with Gasteiger partial charge in [0.05, 0.1) is 7.11 Å². The van der Waals surface area contributed by atoms with Gasteiger partial charge in [0, 0.05) is 29.7 Å². The van der Waals surface area contributed by atoms with Gasteiger partial charge in [0.2, 0.25) is 0 Å². The zero-order valence-electron chi connectivity index (χ0n) is 10.4. The van der Waals surface area contributed by atoms with Crippen LogP contribution in [0.25, 0.3) is 11.1 Å². The van der Waals surface area contributed by atoms with E-state index in [2.05, 4.69) is 9.72 Å². The number of anilines is 1. The Kier molecular flexibility index (Phi) is 3.69. The summed E-state index contributed by atoms with van der Waals surface area (Å²) in [6.45, 7) is 0. The molecule has 0 unspecified atom stereocenters. The number of aromatic nitrogens is 1. The van der Waals surface area contributed by atoms with Gasteiger partial charge in [0.15, 0.2) is 0 Å². The lowest BCUT2D eigenvalue weighted by Gasteiger charge is -2.12.